The van der Waals surface area contributed by atoms with E-state index in [4.69, 9.17) is 4.98 Å². The van der Waals surface area contributed by atoms with Crippen LogP contribution in [0.2, 0.25) is 0 Å². The SMILES string of the molecule is CN(C)CCN(C)c1ccc2cc(NC(=O)/C=C\c3ccccc3)ccc2n1. The van der Waals surface area contributed by atoms with Crippen LogP contribution in [0.4, 0.5) is 11.5 Å². The molecule has 5 nitrogen and oxygen atoms in total. The lowest BCUT2D eigenvalue weighted by atomic mass is 10.2. The Bertz CT molecular complexity index is 967. The van der Waals surface area contributed by atoms with Gasteiger partial charge < -0.3 is 15.1 Å². The number of likely N-dealkylation sites (N-methyl/N-ethyl adjacent to an activating group) is 2. The lowest BCUT2D eigenvalue weighted by molar-refractivity contribution is -0.111. The average Bonchev–Trinajstić information content (AvgIpc) is 2.71. The Kier molecular flexibility index (Phi) is 6.40. The number of carbonyl (C=O) groups excluding carboxylic acids is 1. The first kappa shape index (κ1) is 19.6. The van der Waals surface area contributed by atoms with Crippen LogP contribution < -0.4 is 10.2 Å². The number of nitrogens with one attached hydrogen (secondary N) is 1. The molecule has 144 valence electrons. The maximum atomic E-state index is 12.2. The lowest BCUT2D eigenvalue weighted by Gasteiger charge is -2.20. The van der Waals surface area contributed by atoms with Crippen LogP contribution in [0.25, 0.3) is 17.0 Å². The van der Waals surface area contributed by atoms with Gasteiger partial charge in [-0.15, -0.1) is 0 Å². The number of aromatic nitrogens is 1. The molecule has 0 unspecified atom stereocenters. The molecule has 1 heterocycles. The number of hydrogen-bond acceptors (Lipinski definition) is 4. The minimum Gasteiger partial charge on any atom is -0.358 e. The van der Waals surface area contributed by atoms with Crippen LogP contribution in [-0.4, -0.2) is 50.0 Å². The van der Waals surface area contributed by atoms with E-state index < -0.39 is 0 Å². The van der Waals surface area contributed by atoms with Gasteiger partial charge in [-0.2, -0.15) is 0 Å². The zero-order valence-corrected chi connectivity index (χ0v) is 16.6. The number of anilines is 2. The molecule has 5 heteroatoms. The quantitative estimate of drug-likeness (QED) is 0.638. The van der Waals surface area contributed by atoms with Crippen LogP contribution in [0.1, 0.15) is 5.56 Å². The maximum Gasteiger partial charge on any atom is 0.248 e. The molecular formula is C23H26N4O. The van der Waals surface area contributed by atoms with E-state index in [1.807, 2.05) is 67.7 Å². The Hall–Kier alpha value is -3.18. The summed E-state index contributed by atoms with van der Waals surface area (Å²) >= 11 is 0. The summed E-state index contributed by atoms with van der Waals surface area (Å²) in [4.78, 5) is 21.2. The number of nitrogens with zero attached hydrogens (tertiary/aromatic N) is 3. The second kappa shape index (κ2) is 9.15. The molecular weight excluding hydrogens is 348 g/mol. The minimum absolute atomic E-state index is 0.156. The lowest BCUT2D eigenvalue weighted by Crippen LogP contribution is -2.28. The Morgan fingerprint density at radius 1 is 1.00 bits per heavy atom. The second-order valence-corrected chi connectivity index (χ2v) is 7.04. The molecule has 3 rings (SSSR count). The van der Waals surface area contributed by atoms with E-state index in [0.717, 1.165) is 41.1 Å². The molecule has 0 fully saturated rings. The fourth-order valence-corrected chi connectivity index (χ4v) is 2.79. The standard InChI is InChI=1S/C23H26N4O/c1-26(2)15-16-27(3)22-13-10-19-17-20(11-12-21(19)25-22)24-23(28)14-9-18-7-5-4-6-8-18/h4-14,17H,15-16H2,1-3H3,(H,24,28)/b14-9-. The van der Waals surface area contributed by atoms with Crippen molar-refractivity contribution in [2.45, 2.75) is 0 Å². The van der Waals surface area contributed by atoms with Crippen molar-refractivity contribution in [1.29, 1.82) is 0 Å². The van der Waals surface area contributed by atoms with Gasteiger partial charge in [0.1, 0.15) is 5.82 Å². The van der Waals surface area contributed by atoms with E-state index in [0.29, 0.717) is 0 Å². The summed E-state index contributed by atoms with van der Waals surface area (Å²) in [6.45, 7) is 1.88. The summed E-state index contributed by atoms with van der Waals surface area (Å²) in [6, 6.07) is 19.6. The number of hydrogen-bond donors (Lipinski definition) is 1. The fourth-order valence-electron chi connectivity index (χ4n) is 2.79. The van der Waals surface area contributed by atoms with Crippen molar-refractivity contribution in [2.24, 2.45) is 0 Å². The smallest absolute Gasteiger partial charge is 0.248 e. The van der Waals surface area contributed by atoms with Crippen molar-refractivity contribution in [3.8, 4) is 0 Å². The highest BCUT2D eigenvalue weighted by atomic mass is 16.1. The third-order valence-corrected chi connectivity index (χ3v) is 4.44. The average molecular weight is 374 g/mol. The van der Waals surface area contributed by atoms with Gasteiger partial charge >= 0.3 is 0 Å². The number of amides is 1. The van der Waals surface area contributed by atoms with Gasteiger partial charge in [-0.25, -0.2) is 4.98 Å². The summed E-state index contributed by atoms with van der Waals surface area (Å²) in [5.74, 6) is 0.785. The maximum absolute atomic E-state index is 12.2. The molecule has 1 aromatic heterocycles. The third kappa shape index (κ3) is 5.41. The van der Waals surface area contributed by atoms with E-state index in [-0.39, 0.29) is 5.91 Å². The van der Waals surface area contributed by atoms with Crippen molar-refractivity contribution in [3.05, 3.63) is 72.3 Å². The van der Waals surface area contributed by atoms with Crippen molar-refractivity contribution in [2.75, 3.05) is 44.4 Å². The zero-order valence-electron chi connectivity index (χ0n) is 16.6. The minimum atomic E-state index is -0.156. The van der Waals surface area contributed by atoms with E-state index in [9.17, 15) is 4.79 Å². The molecule has 0 saturated heterocycles. The van der Waals surface area contributed by atoms with Gasteiger partial charge in [0, 0.05) is 37.3 Å². The van der Waals surface area contributed by atoms with Gasteiger partial charge in [0.05, 0.1) is 5.52 Å². The fraction of sp³-hybridized carbons (Fsp3) is 0.217. The number of pyridine rings is 1. The monoisotopic (exact) mass is 374 g/mol. The van der Waals surface area contributed by atoms with Gasteiger partial charge in [0.15, 0.2) is 0 Å². The van der Waals surface area contributed by atoms with Crippen molar-refractivity contribution < 1.29 is 4.79 Å². The van der Waals surface area contributed by atoms with Crippen molar-refractivity contribution in [1.82, 2.24) is 9.88 Å². The van der Waals surface area contributed by atoms with Gasteiger partial charge in [0.25, 0.3) is 0 Å². The summed E-state index contributed by atoms with van der Waals surface area (Å²) in [7, 11) is 6.17. The molecule has 1 amide bonds. The Morgan fingerprint density at radius 2 is 1.79 bits per heavy atom. The van der Waals surface area contributed by atoms with Crippen LogP contribution in [0.3, 0.4) is 0 Å². The highest BCUT2D eigenvalue weighted by molar-refractivity contribution is 6.03. The van der Waals surface area contributed by atoms with Crippen LogP contribution >= 0.6 is 0 Å². The number of carbonyl (C=O) groups is 1. The molecule has 2 aromatic carbocycles. The zero-order chi connectivity index (χ0) is 19.9. The van der Waals surface area contributed by atoms with Gasteiger partial charge in [-0.3, -0.25) is 4.79 Å². The highest BCUT2D eigenvalue weighted by Gasteiger charge is 2.06. The van der Waals surface area contributed by atoms with E-state index in [1.54, 1.807) is 12.2 Å². The van der Waals surface area contributed by atoms with Crippen LogP contribution in [0.15, 0.2) is 66.7 Å². The molecule has 0 aliphatic heterocycles. The third-order valence-electron chi connectivity index (χ3n) is 4.44. The Balaban J connectivity index is 1.68. The summed E-state index contributed by atoms with van der Waals surface area (Å²) < 4.78 is 0. The molecule has 0 bridgehead atoms. The molecule has 0 aliphatic rings. The largest absolute Gasteiger partial charge is 0.358 e. The summed E-state index contributed by atoms with van der Waals surface area (Å²) in [5, 5.41) is 3.90. The topological polar surface area (TPSA) is 48.5 Å². The summed E-state index contributed by atoms with van der Waals surface area (Å²) in [6.07, 6.45) is 3.34. The Morgan fingerprint density at radius 3 is 2.54 bits per heavy atom. The van der Waals surface area contributed by atoms with Crippen molar-refractivity contribution >= 4 is 34.4 Å². The number of benzene rings is 2. The number of rotatable bonds is 7. The van der Waals surface area contributed by atoms with Crippen LogP contribution in [0, 0.1) is 0 Å². The normalized spacial score (nSPS) is 11.3. The molecule has 3 aromatic rings. The Labute approximate surface area is 166 Å². The van der Waals surface area contributed by atoms with Crippen LogP contribution in [0.5, 0.6) is 0 Å². The van der Waals surface area contributed by atoms with Crippen molar-refractivity contribution in [3.63, 3.8) is 0 Å². The molecule has 28 heavy (non-hydrogen) atoms. The molecule has 0 radical (unpaired) electrons. The summed E-state index contributed by atoms with van der Waals surface area (Å²) in [5.41, 5.74) is 2.66. The first-order valence-electron chi connectivity index (χ1n) is 9.32. The predicted octanol–water partition coefficient (Wildman–Crippen LogP) is 3.88. The first-order chi connectivity index (χ1) is 13.5. The molecule has 0 spiro atoms. The van der Waals surface area contributed by atoms with E-state index in [1.165, 1.54) is 0 Å². The molecule has 1 N–H and O–H groups in total. The van der Waals surface area contributed by atoms with Gasteiger partial charge in [0.2, 0.25) is 5.91 Å². The predicted molar refractivity (Wildman–Crippen MR) is 118 cm³/mol. The van der Waals surface area contributed by atoms with Gasteiger partial charge in [-0.05, 0) is 56.1 Å². The second-order valence-electron chi connectivity index (χ2n) is 7.04. The highest BCUT2D eigenvalue weighted by Crippen LogP contribution is 2.21. The molecule has 0 atom stereocenters. The molecule has 0 aliphatic carbocycles. The van der Waals surface area contributed by atoms with Gasteiger partial charge in [-0.1, -0.05) is 30.3 Å². The van der Waals surface area contributed by atoms with E-state index >= 15 is 0 Å². The number of fused-ring (bicyclic) bond motifs is 1. The van der Waals surface area contributed by atoms with E-state index in [2.05, 4.69) is 29.2 Å². The first-order valence-corrected chi connectivity index (χ1v) is 9.32. The van der Waals surface area contributed by atoms with Crippen LogP contribution in [-0.2, 0) is 4.79 Å². The molecule has 0 saturated carbocycles.